The Kier molecular flexibility index (Phi) is 69.7. The van der Waals surface area contributed by atoms with E-state index in [1.54, 1.807) is 0 Å². The maximum atomic E-state index is 8.44. The fourth-order valence-corrected chi connectivity index (χ4v) is 0. The molecule has 25 heavy (non-hydrogen) atoms. The number of carboxylic acid groups (broad SMARTS) is 2. The molecular formula is CH16B5NaO18. The van der Waals surface area contributed by atoms with Crippen molar-refractivity contribution in [1.29, 1.82) is 0 Å². The normalized spacial score (nSPS) is 6.36. The van der Waals surface area contributed by atoms with E-state index < -0.39 is 42.8 Å². The van der Waals surface area contributed by atoms with Gasteiger partial charge in [0.25, 0.3) is 0 Å². The van der Waals surface area contributed by atoms with Gasteiger partial charge >= 0.3 is 66.2 Å². The van der Waals surface area contributed by atoms with Gasteiger partial charge in [-0.05, 0) is 0 Å². The minimum absolute atomic E-state index is 0. The van der Waals surface area contributed by atoms with Crippen molar-refractivity contribution in [3.8, 4) is 0 Å². The number of carbonyl (C=O) groups is 1. The van der Waals surface area contributed by atoms with Crippen molar-refractivity contribution in [3.05, 3.63) is 0 Å². The third kappa shape index (κ3) is 409000000. The van der Waals surface area contributed by atoms with E-state index in [0.29, 0.717) is 0 Å². The molecule has 0 aromatic rings. The summed E-state index contributed by atoms with van der Waals surface area (Å²) in [6.07, 6.45) is -2.08. The average molecular weight is 393 g/mol. The third-order valence-corrected chi connectivity index (χ3v) is 0. The van der Waals surface area contributed by atoms with Crippen molar-refractivity contribution >= 4 is 42.8 Å². The summed E-state index contributed by atoms with van der Waals surface area (Å²) in [5.41, 5.74) is 0. The predicted octanol–water partition coefficient (Wildman–Crippen LogP) is -14.4. The summed E-state index contributed by atoms with van der Waals surface area (Å²) in [6, 6.07) is 0. The smallest absolute Gasteiger partial charge is 0.565 e. The van der Waals surface area contributed by atoms with Gasteiger partial charge in [-0.2, -0.15) is 0 Å². The molecule has 16 N–H and O–H groups in total. The van der Waals surface area contributed by atoms with Gasteiger partial charge in [-0.1, -0.05) is 0 Å². The Morgan fingerprint density at radius 2 is 0.480 bits per heavy atom. The zero-order valence-electron chi connectivity index (χ0n) is 12.4. The molecule has 0 aromatic carbocycles. The summed E-state index contributed by atoms with van der Waals surface area (Å²) in [7, 11) is -10.8. The van der Waals surface area contributed by atoms with Crippen LogP contribution in [0.4, 0.5) is 4.79 Å². The second-order valence-electron chi connectivity index (χ2n) is 2.00. The van der Waals surface area contributed by atoms with Crippen molar-refractivity contribution in [3.63, 3.8) is 0 Å². The van der Waals surface area contributed by atoms with E-state index >= 15 is 0 Å². The van der Waals surface area contributed by atoms with Crippen LogP contribution >= 0.6 is 0 Å². The minimum Gasteiger partial charge on any atom is -0.565 e. The standard InChI is InChI=1S/CH2O3.5BH3O3.Na/c6*2-1(3)4;/h(H2,2,3,4);5*2-4H;/q;;;;;;+1/p-1. The molecule has 0 spiro atoms. The Labute approximate surface area is 162 Å². The fraction of sp³-hybridized carbons (Fsp3) is 0. The molecule has 0 saturated carbocycles. The zero-order valence-corrected chi connectivity index (χ0v) is 14.4. The molecule has 0 unspecified atom stereocenters. The summed E-state index contributed by atoms with van der Waals surface area (Å²) in [5, 5.41) is 123. The maximum Gasteiger partial charge on any atom is 1.00 e. The van der Waals surface area contributed by atoms with E-state index in [1.165, 1.54) is 0 Å². The molecule has 0 aliphatic rings. The molecule has 0 bridgehead atoms. The summed E-state index contributed by atoms with van der Waals surface area (Å²) in [4.78, 5) is 8.44. The van der Waals surface area contributed by atoms with Gasteiger partial charge in [-0.3, -0.25) is 0 Å². The van der Waals surface area contributed by atoms with Crippen LogP contribution in [0.15, 0.2) is 0 Å². The molecule has 0 rings (SSSR count). The summed E-state index contributed by atoms with van der Waals surface area (Å²) in [6.45, 7) is 0. The van der Waals surface area contributed by atoms with Crippen LogP contribution in [-0.2, 0) is 0 Å². The molecule has 0 heterocycles. The maximum absolute atomic E-state index is 8.44. The van der Waals surface area contributed by atoms with E-state index in [4.69, 9.17) is 90.4 Å². The van der Waals surface area contributed by atoms with Crippen molar-refractivity contribution in [2.45, 2.75) is 0 Å². The summed E-state index contributed by atoms with van der Waals surface area (Å²) >= 11 is 0. The molecule has 0 radical (unpaired) electrons. The van der Waals surface area contributed by atoms with Gasteiger partial charge < -0.3 is 90.4 Å². The van der Waals surface area contributed by atoms with Gasteiger partial charge in [0.05, 0.1) is 0 Å². The van der Waals surface area contributed by atoms with Crippen LogP contribution in [-0.4, -0.2) is 123 Å². The van der Waals surface area contributed by atoms with Gasteiger partial charge in [0, 0.05) is 0 Å². The fourth-order valence-electron chi connectivity index (χ4n) is 0. The molecule has 0 aliphatic carbocycles. The topological polar surface area (TPSA) is 364 Å². The second kappa shape index (κ2) is 39.2. The molecular weight excluding hydrogens is 377 g/mol. The average Bonchev–Trinajstić information content (AvgIpc) is 2.08. The van der Waals surface area contributed by atoms with Gasteiger partial charge in [0.15, 0.2) is 0 Å². The van der Waals surface area contributed by atoms with E-state index in [2.05, 4.69) is 0 Å². The number of hydrogen-bond acceptors (Lipinski definition) is 17. The Morgan fingerprint density at radius 3 is 0.480 bits per heavy atom. The van der Waals surface area contributed by atoms with Gasteiger partial charge in [0.2, 0.25) is 6.16 Å². The molecule has 0 saturated heterocycles. The van der Waals surface area contributed by atoms with E-state index in [-0.39, 0.29) is 29.6 Å². The third-order valence-electron chi connectivity index (χ3n) is 0. The molecule has 0 amide bonds. The van der Waals surface area contributed by atoms with Crippen molar-refractivity contribution < 1.29 is 120 Å². The molecule has 24 heteroatoms. The van der Waals surface area contributed by atoms with Gasteiger partial charge in [0.1, 0.15) is 0 Å². The van der Waals surface area contributed by atoms with Crippen LogP contribution in [0.25, 0.3) is 0 Å². The number of rotatable bonds is 0. The first kappa shape index (κ1) is 44.4. The zero-order chi connectivity index (χ0) is 21.5. The number of hydrogen-bond donors (Lipinski definition) is 16. The first-order chi connectivity index (χ1) is 10.4. The van der Waals surface area contributed by atoms with E-state index in [1.807, 2.05) is 0 Å². The SMILES string of the molecule is O=C([O-])O.OB(O)O.OB(O)O.OB(O)O.OB(O)O.OB(O)O.[Na+]. The summed E-state index contributed by atoms with van der Waals surface area (Å²) < 4.78 is 0. The van der Waals surface area contributed by atoms with Gasteiger partial charge in [-0.15, -0.1) is 0 Å². The monoisotopic (exact) mass is 394 g/mol. The molecule has 0 atom stereocenters. The van der Waals surface area contributed by atoms with Crippen LogP contribution in [0.5, 0.6) is 0 Å². The van der Waals surface area contributed by atoms with Crippen LogP contribution < -0.4 is 34.7 Å². The van der Waals surface area contributed by atoms with Crippen LogP contribution in [0.2, 0.25) is 0 Å². The van der Waals surface area contributed by atoms with Crippen molar-refractivity contribution in [2.75, 3.05) is 0 Å². The Hall–Kier alpha value is -0.00532. The summed E-state index contributed by atoms with van der Waals surface area (Å²) in [5.74, 6) is 0. The quantitative estimate of drug-likeness (QED) is 0.170. The van der Waals surface area contributed by atoms with E-state index in [9.17, 15) is 0 Å². The van der Waals surface area contributed by atoms with Crippen LogP contribution in [0.1, 0.15) is 0 Å². The molecule has 0 aromatic heterocycles. The van der Waals surface area contributed by atoms with Crippen LogP contribution in [0.3, 0.4) is 0 Å². The minimum atomic E-state index is -2.17. The van der Waals surface area contributed by atoms with Gasteiger partial charge in [-0.25, -0.2) is 0 Å². The van der Waals surface area contributed by atoms with E-state index in [0.717, 1.165) is 0 Å². The van der Waals surface area contributed by atoms with Crippen molar-refractivity contribution in [2.24, 2.45) is 0 Å². The van der Waals surface area contributed by atoms with Crippen LogP contribution in [0, 0.1) is 0 Å². The molecule has 0 fully saturated rings. The molecule has 18 nitrogen and oxygen atoms in total. The predicted molar refractivity (Wildman–Crippen MR) is 70.1 cm³/mol. The Bertz CT molecular complexity index is 147. The largest absolute Gasteiger partial charge is 1.00 e. The molecule has 144 valence electrons. The molecule has 0 aliphatic heterocycles. The Balaban J connectivity index is -0.0000000309. The Morgan fingerprint density at radius 1 is 0.480 bits per heavy atom. The first-order valence-electron chi connectivity index (χ1n) is 4.50. The second-order valence-corrected chi connectivity index (χ2v) is 2.00. The first-order valence-corrected chi connectivity index (χ1v) is 4.50. The van der Waals surface area contributed by atoms with Crippen molar-refractivity contribution in [1.82, 2.24) is 0 Å².